The topological polar surface area (TPSA) is 40.0 Å². The highest BCUT2D eigenvalue weighted by Gasteiger charge is 2.43. The highest BCUT2D eigenvalue weighted by atomic mass is 32.2. The molecule has 4 nitrogen and oxygen atoms in total. The van der Waals surface area contributed by atoms with Crippen LogP contribution < -0.4 is 5.32 Å². The third-order valence-electron chi connectivity index (χ3n) is 4.51. The summed E-state index contributed by atoms with van der Waals surface area (Å²) in [6, 6.07) is 0.897. The number of aliphatic imine (C=N–C) groups is 2. The van der Waals surface area contributed by atoms with Gasteiger partial charge in [0.25, 0.3) is 0 Å². The van der Waals surface area contributed by atoms with Gasteiger partial charge in [-0.1, -0.05) is 51.2 Å². The molecule has 1 unspecified atom stereocenters. The van der Waals surface area contributed by atoms with Crippen LogP contribution >= 0.6 is 23.5 Å². The zero-order valence-corrected chi connectivity index (χ0v) is 16.6. The quantitative estimate of drug-likeness (QED) is 0.836. The first-order chi connectivity index (χ1) is 10.8. The van der Waals surface area contributed by atoms with Crippen LogP contribution in [0, 0.1) is 11.8 Å². The second-order valence-electron chi connectivity index (χ2n) is 7.90. The molecule has 0 aromatic carbocycles. The van der Waals surface area contributed by atoms with Crippen LogP contribution in [-0.2, 0) is 0 Å². The van der Waals surface area contributed by atoms with Gasteiger partial charge in [-0.3, -0.25) is 9.98 Å². The van der Waals surface area contributed by atoms with Gasteiger partial charge in [-0.05, 0) is 31.1 Å². The predicted octanol–water partition coefficient (Wildman–Crippen LogP) is 3.77. The van der Waals surface area contributed by atoms with Gasteiger partial charge in [0.15, 0.2) is 10.3 Å². The molecule has 128 valence electrons. The Morgan fingerprint density at radius 3 is 2.65 bits per heavy atom. The highest BCUT2D eigenvalue weighted by Crippen LogP contribution is 2.41. The maximum atomic E-state index is 5.00. The molecule has 6 heteroatoms. The summed E-state index contributed by atoms with van der Waals surface area (Å²) in [5.41, 5.74) is 1.49. The van der Waals surface area contributed by atoms with E-state index in [0.29, 0.717) is 23.9 Å². The fourth-order valence-corrected chi connectivity index (χ4v) is 5.42. The Morgan fingerprint density at radius 1 is 1.35 bits per heavy atom. The van der Waals surface area contributed by atoms with Crippen LogP contribution in [0.2, 0.25) is 0 Å². The number of rotatable bonds is 4. The summed E-state index contributed by atoms with van der Waals surface area (Å²) in [5.74, 6) is 2.13. The number of hydrogen-bond donors (Lipinski definition) is 1. The van der Waals surface area contributed by atoms with Crippen LogP contribution in [0.5, 0.6) is 0 Å². The van der Waals surface area contributed by atoms with Gasteiger partial charge in [0.05, 0.1) is 24.2 Å². The van der Waals surface area contributed by atoms with E-state index in [2.05, 4.69) is 62.2 Å². The van der Waals surface area contributed by atoms with Gasteiger partial charge in [0.2, 0.25) is 0 Å². The van der Waals surface area contributed by atoms with E-state index >= 15 is 0 Å². The van der Waals surface area contributed by atoms with Crippen molar-refractivity contribution >= 4 is 33.9 Å². The fourth-order valence-electron chi connectivity index (χ4n) is 3.33. The second kappa shape index (κ2) is 6.36. The van der Waals surface area contributed by atoms with E-state index in [-0.39, 0.29) is 5.54 Å². The first-order valence-electron chi connectivity index (χ1n) is 8.46. The lowest BCUT2D eigenvalue weighted by Gasteiger charge is -2.33. The fraction of sp³-hybridized carbons (Fsp3) is 0.765. The number of fused-ring (bicyclic) bond motifs is 1. The molecule has 3 aliphatic heterocycles. The minimum atomic E-state index is 0.102. The van der Waals surface area contributed by atoms with Crippen molar-refractivity contribution in [3.05, 3.63) is 11.1 Å². The van der Waals surface area contributed by atoms with E-state index in [9.17, 15) is 0 Å². The smallest absolute Gasteiger partial charge is 0.168 e. The third-order valence-corrected chi connectivity index (χ3v) is 6.36. The average Bonchev–Trinajstić information content (AvgIpc) is 3.09. The minimum absolute atomic E-state index is 0.102. The van der Waals surface area contributed by atoms with Gasteiger partial charge in [0, 0.05) is 11.4 Å². The standard InChI is InChI=1S/C17H28N4S2/c1-10(2)13-14(11(3)4)21-12(8-23-16(21)19-13)7-22-15-18-9-17(5,6)20-15/h8,10-11,13-14H,7,9H2,1-6H3,(H,18,20)/t13-,14?/m0/s1. The van der Waals surface area contributed by atoms with E-state index in [1.165, 1.54) is 10.9 Å². The minimum Gasteiger partial charge on any atom is -0.358 e. The van der Waals surface area contributed by atoms with Crippen LogP contribution in [-0.4, -0.2) is 45.2 Å². The van der Waals surface area contributed by atoms with Crippen LogP contribution in [0.15, 0.2) is 21.1 Å². The first kappa shape index (κ1) is 17.2. The van der Waals surface area contributed by atoms with E-state index < -0.39 is 0 Å². The van der Waals surface area contributed by atoms with Gasteiger partial charge in [-0.15, -0.1) is 0 Å². The first-order valence-corrected chi connectivity index (χ1v) is 10.3. The summed E-state index contributed by atoms with van der Waals surface area (Å²) in [5, 5.41) is 8.05. The Balaban J connectivity index is 1.67. The zero-order chi connectivity index (χ0) is 16.8. The molecular formula is C17H28N4S2. The molecule has 23 heavy (non-hydrogen) atoms. The van der Waals surface area contributed by atoms with Gasteiger partial charge < -0.3 is 10.2 Å². The maximum Gasteiger partial charge on any atom is 0.168 e. The Morgan fingerprint density at radius 2 is 2.09 bits per heavy atom. The Labute approximate surface area is 148 Å². The molecule has 3 heterocycles. The summed E-state index contributed by atoms with van der Waals surface area (Å²) in [6.07, 6.45) is 0. The number of nitrogens with zero attached hydrogens (tertiary/aromatic N) is 3. The van der Waals surface area contributed by atoms with Crippen molar-refractivity contribution < 1.29 is 0 Å². The van der Waals surface area contributed by atoms with Crippen LogP contribution in [0.25, 0.3) is 0 Å². The molecule has 1 N–H and O–H groups in total. The van der Waals surface area contributed by atoms with Crippen molar-refractivity contribution in [2.75, 3.05) is 12.3 Å². The van der Waals surface area contributed by atoms with Crippen molar-refractivity contribution in [3.63, 3.8) is 0 Å². The predicted molar refractivity (Wildman–Crippen MR) is 104 cm³/mol. The molecule has 0 saturated carbocycles. The molecule has 0 amide bonds. The summed E-state index contributed by atoms with van der Waals surface area (Å²) in [4.78, 5) is 12.1. The van der Waals surface area contributed by atoms with Crippen molar-refractivity contribution in [2.24, 2.45) is 21.8 Å². The summed E-state index contributed by atoms with van der Waals surface area (Å²) in [7, 11) is 0. The molecular weight excluding hydrogens is 324 g/mol. The molecule has 0 aromatic heterocycles. The number of amidine groups is 2. The molecule has 3 aliphatic rings. The summed E-state index contributed by atoms with van der Waals surface area (Å²) < 4.78 is 0. The zero-order valence-electron chi connectivity index (χ0n) is 15.0. The maximum absolute atomic E-state index is 5.00. The monoisotopic (exact) mass is 352 g/mol. The van der Waals surface area contributed by atoms with Gasteiger partial charge >= 0.3 is 0 Å². The van der Waals surface area contributed by atoms with Crippen LogP contribution in [0.3, 0.4) is 0 Å². The Kier molecular flexibility index (Phi) is 4.76. The van der Waals surface area contributed by atoms with Gasteiger partial charge in [0.1, 0.15) is 0 Å². The lowest BCUT2D eigenvalue weighted by Crippen LogP contribution is -2.43. The van der Waals surface area contributed by atoms with Crippen LogP contribution in [0.1, 0.15) is 41.5 Å². The largest absolute Gasteiger partial charge is 0.358 e. The summed E-state index contributed by atoms with van der Waals surface area (Å²) in [6.45, 7) is 14.5. The Hall–Kier alpha value is -0.620. The van der Waals surface area contributed by atoms with Crippen molar-refractivity contribution in [1.82, 2.24) is 10.2 Å². The Bertz CT molecular complexity index is 563. The molecule has 0 spiro atoms. The lowest BCUT2D eigenvalue weighted by atomic mass is 9.89. The highest BCUT2D eigenvalue weighted by molar-refractivity contribution is 8.17. The molecule has 0 radical (unpaired) electrons. The molecule has 0 aromatic rings. The van der Waals surface area contributed by atoms with E-state index in [0.717, 1.165) is 17.5 Å². The molecule has 3 rings (SSSR count). The summed E-state index contributed by atoms with van der Waals surface area (Å²) >= 11 is 3.60. The van der Waals surface area contributed by atoms with E-state index in [1.54, 1.807) is 11.8 Å². The second-order valence-corrected chi connectivity index (χ2v) is 9.70. The third kappa shape index (κ3) is 3.43. The lowest BCUT2D eigenvalue weighted by molar-refractivity contribution is 0.251. The molecule has 0 aliphatic carbocycles. The van der Waals surface area contributed by atoms with Crippen molar-refractivity contribution in [1.29, 1.82) is 0 Å². The van der Waals surface area contributed by atoms with Crippen molar-refractivity contribution in [2.45, 2.75) is 59.2 Å². The van der Waals surface area contributed by atoms with Gasteiger partial charge in [-0.2, -0.15) is 0 Å². The van der Waals surface area contributed by atoms with Crippen LogP contribution in [0.4, 0.5) is 0 Å². The molecule has 0 saturated heterocycles. The van der Waals surface area contributed by atoms with Crippen molar-refractivity contribution in [3.8, 4) is 0 Å². The number of hydrogen-bond acceptors (Lipinski definition) is 6. The molecule has 0 bridgehead atoms. The van der Waals surface area contributed by atoms with Gasteiger partial charge in [-0.25, -0.2) is 0 Å². The van der Waals surface area contributed by atoms with E-state index in [4.69, 9.17) is 4.99 Å². The number of nitrogens with one attached hydrogen (secondary N) is 1. The van der Waals surface area contributed by atoms with E-state index in [1.807, 2.05) is 11.8 Å². The normalized spacial score (nSPS) is 28.9. The number of thioether (sulfide) groups is 2. The SMILES string of the molecule is CC(C)C1[C@H](C(C)C)N=C2SC=C(CSC3=NCC(C)(C)N3)N21. The molecule has 2 atom stereocenters. The molecule has 0 fully saturated rings. The average molecular weight is 353 g/mol.